The van der Waals surface area contributed by atoms with Crippen LogP contribution >= 0.6 is 0 Å². The lowest BCUT2D eigenvalue weighted by Gasteiger charge is -2.28. The van der Waals surface area contributed by atoms with E-state index in [4.69, 9.17) is 22.3 Å². The molecule has 0 aromatic rings. The van der Waals surface area contributed by atoms with Crippen LogP contribution < -0.4 is 33.2 Å². The van der Waals surface area contributed by atoms with Crippen LogP contribution in [-0.4, -0.2) is 65.5 Å². The van der Waals surface area contributed by atoms with Gasteiger partial charge in [0.2, 0.25) is 17.7 Å². The van der Waals surface area contributed by atoms with E-state index in [0.717, 1.165) is 0 Å². The van der Waals surface area contributed by atoms with E-state index < -0.39 is 47.9 Å². The van der Waals surface area contributed by atoms with Crippen LogP contribution in [0.3, 0.4) is 0 Å². The summed E-state index contributed by atoms with van der Waals surface area (Å²) in [6, 6.07) is -3.82. The zero-order valence-corrected chi connectivity index (χ0v) is 20.3. The Hall–Kier alpha value is -2.89. The number of guanidine groups is 1. The zero-order valence-electron chi connectivity index (χ0n) is 20.3. The maximum atomic E-state index is 13.0. The highest BCUT2D eigenvalue weighted by molar-refractivity contribution is 5.94. The quantitative estimate of drug-likeness (QED) is 0.0892. The number of hydrogen-bond donors (Lipinski definition) is 7. The summed E-state index contributed by atoms with van der Waals surface area (Å²) < 4.78 is 0. The summed E-state index contributed by atoms with van der Waals surface area (Å²) in [4.78, 5) is 53.1. The number of nitrogens with zero attached hydrogens (tertiary/aromatic N) is 1. The molecule has 0 aliphatic carbocycles. The van der Waals surface area contributed by atoms with Gasteiger partial charge in [0.25, 0.3) is 0 Å². The molecule has 5 unspecified atom stereocenters. The molecular weight excluding hydrogens is 430 g/mol. The Morgan fingerprint density at radius 2 is 1.55 bits per heavy atom. The summed E-state index contributed by atoms with van der Waals surface area (Å²) in [6.45, 7) is 9.10. The lowest BCUT2D eigenvalue weighted by molar-refractivity contribution is -0.142. The molecule has 12 nitrogen and oxygen atoms in total. The number of carboxylic acids is 1. The number of aliphatic imine (C=N–C) groups is 1. The van der Waals surface area contributed by atoms with Gasteiger partial charge in [0.05, 0.1) is 6.04 Å². The Morgan fingerprint density at radius 3 is 2.03 bits per heavy atom. The van der Waals surface area contributed by atoms with Gasteiger partial charge in [0.1, 0.15) is 18.1 Å². The Balaban J connectivity index is 5.29. The van der Waals surface area contributed by atoms with Crippen LogP contribution in [0.25, 0.3) is 0 Å². The van der Waals surface area contributed by atoms with Gasteiger partial charge in [0.15, 0.2) is 5.96 Å². The largest absolute Gasteiger partial charge is 0.480 e. The van der Waals surface area contributed by atoms with Crippen molar-refractivity contribution < 1.29 is 24.3 Å². The first-order valence-electron chi connectivity index (χ1n) is 11.2. The van der Waals surface area contributed by atoms with E-state index in [1.165, 1.54) is 6.92 Å². The molecule has 10 N–H and O–H groups in total. The smallest absolute Gasteiger partial charge is 0.325 e. The minimum absolute atomic E-state index is 0.0423. The van der Waals surface area contributed by atoms with Crippen LogP contribution in [0.5, 0.6) is 0 Å². The van der Waals surface area contributed by atoms with E-state index in [2.05, 4.69) is 20.9 Å². The van der Waals surface area contributed by atoms with Crippen molar-refractivity contribution in [1.29, 1.82) is 0 Å². The van der Waals surface area contributed by atoms with E-state index >= 15 is 0 Å². The van der Waals surface area contributed by atoms with Gasteiger partial charge < -0.3 is 38.3 Å². The molecule has 190 valence electrons. The van der Waals surface area contributed by atoms with Crippen molar-refractivity contribution in [2.75, 3.05) is 6.54 Å². The molecule has 0 spiro atoms. The van der Waals surface area contributed by atoms with Gasteiger partial charge in [-0.15, -0.1) is 0 Å². The Bertz CT molecular complexity index is 694. The predicted octanol–water partition coefficient (Wildman–Crippen LogP) is -0.982. The fourth-order valence-electron chi connectivity index (χ4n) is 2.95. The van der Waals surface area contributed by atoms with Crippen LogP contribution in [0.4, 0.5) is 0 Å². The molecule has 12 heteroatoms. The minimum atomic E-state index is -1.18. The standard InChI is InChI=1S/C21H41N7O5/c1-6-12(4)16(19(31)26-13(5)20(32)33)28-18(30)15(10-11(2)3)27-17(29)14(22)8-7-9-25-21(23)24/h11-16H,6-10,22H2,1-5H3,(H,26,31)(H,27,29)(H,28,30)(H,32,33)(H4,23,24,25). The van der Waals surface area contributed by atoms with Crippen molar-refractivity contribution in [3.8, 4) is 0 Å². The fraction of sp³-hybridized carbons (Fsp3) is 0.762. The van der Waals surface area contributed by atoms with Crippen LogP contribution in [0, 0.1) is 11.8 Å². The number of nitrogens with one attached hydrogen (secondary N) is 3. The summed E-state index contributed by atoms with van der Waals surface area (Å²) >= 11 is 0. The number of hydrogen-bond acceptors (Lipinski definition) is 6. The van der Waals surface area contributed by atoms with E-state index in [1.54, 1.807) is 6.92 Å². The van der Waals surface area contributed by atoms with Crippen molar-refractivity contribution >= 4 is 29.7 Å². The highest BCUT2D eigenvalue weighted by Crippen LogP contribution is 2.11. The van der Waals surface area contributed by atoms with Crippen molar-refractivity contribution in [1.82, 2.24) is 16.0 Å². The van der Waals surface area contributed by atoms with Crippen molar-refractivity contribution in [2.24, 2.45) is 34.0 Å². The molecule has 0 saturated carbocycles. The molecule has 0 aromatic heterocycles. The van der Waals surface area contributed by atoms with Crippen LogP contribution in [-0.2, 0) is 19.2 Å². The van der Waals surface area contributed by atoms with Gasteiger partial charge in [-0.3, -0.25) is 24.2 Å². The number of carbonyl (C=O) groups excluding carboxylic acids is 3. The molecule has 0 fully saturated rings. The molecule has 0 aliphatic heterocycles. The zero-order chi connectivity index (χ0) is 25.7. The number of aliphatic carboxylic acids is 1. The SMILES string of the molecule is CCC(C)C(NC(=O)C(CC(C)C)NC(=O)C(N)CCCN=C(N)N)C(=O)NC(C)C(=O)O. The van der Waals surface area contributed by atoms with Gasteiger partial charge >= 0.3 is 5.97 Å². The number of amides is 3. The van der Waals surface area contributed by atoms with Crippen LogP contribution in [0.1, 0.15) is 60.3 Å². The van der Waals surface area contributed by atoms with E-state index in [9.17, 15) is 19.2 Å². The Kier molecular flexibility index (Phi) is 13.7. The average Bonchev–Trinajstić information content (AvgIpc) is 2.72. The van der Waals surface area contributed by atoms with Crippen molar-refractivity contribution in [3.63, 3.8) is 0 Å². The second-order valence-electron chi connectivity index (χ2n) is 8.69. The number of carboxylic acid groups (broad SMARTS) is 1. The first-order chi connectivity index (χ1) is 15.3. The highest BCUT2D eigenvalue weighted by atomic mass is 16.4. The fourth-order valence-corrected chi connectivity index (χ4v) is 2.95. The maximum absolute atomic E-state index is 13.0. The molecule has 0 saturated heterocycles. The Labute approximate surface area is 195 Å². The summed E-state index contributed by atoms with van der Waals surface area (Å²) in [5.41, 5.74) is 16.5. The average molecular weight is 472 g/mol. The van der Waals surface area contributed by atoms with Crippen molar-refractivity contribution in [3.05, 3.63) is 0 Å². The second-order valence-corrected chi connectivity index (χ2v) is 8.69. The lowest BCUT2D eigenvalue weighted by Crippen LogP contribution is -2.58. The topological polar surface area (TPSA) is 215 Å². The molecule has 0 bridgehead atoms. The normalized spacial score (nSPS) is 15.5. The Morgan fingerprint density at radius 1 is 0.939 bits per heavy atom. The molecule has 3 amide bonds. The molecule has 33 heavy (non-hydrogen) atoms. The van der Waals surface area contributed by atoms with Gasteiger partial charge in [0, 0.05) is 6.54 Å². The number of nitrogens with two attached hydrogens (primary N) is 3. The first-order valence-corrected chi connectivity index (χ1v) is 11.2. The second kappa shape index (κ2) is 15.0. The summed E-state index contributed by atoms with van der Waals surface area (Å²) in [6.07, 6.45) is 1.72. The predicted molar refractivity (Wildman–Crippen MR) is 126 cm³/mol. The lowest BCUT2D eigenvalue weighted by atomic mass is 9.96. The van der Waals surface area contributed by atoms with E-state index in [-0.39, 0.29) is 17.8 Å². The number of rotatable bonds is 15. The molecule has 0 radical (unpaired) electrons. The van der Waals surface area contributed by atoms with Crippen molar-refractivity contribution in [2.45, 2.75) is 84.5 Å². The first kappa shape index (κ1) is 30.1. The van der Waals surface area contributed by atoms with Gasteiger partial charge in [-0.1, -0.05) is 34.1 Å². The number of carbonyl (C=O) groups is 4. The summed E-state index contributed by atoms with van der Waals surface area (Å²) in [7, 11) is 0. The molecule has 0 heterocycles. The van der Waals surface area contributed by atoms with Crippen LogP contribution in [0.15, 0.2) is 4.99 Å². The molecule has 5 atom stereocenters. The maximum Gasteiger partial charge on any atom is 0.325 e. The van der Waals surface area contributed by atoms with E-state index in [1.807, 2.05) is 20.8 Å². The van der Waals surface area contributed by atoms with Gasteiger partial charge in [-0.25, -0.2) is 0 Å². The molecular formula is C21H41N7O5. The van der Waals surface area contributed by atoms with Crippen LogP contribution in [0.2, 0.25) is 0 Å². The minimum Gasteiger partial charge on any atom is -0.480 e. The van der Waals surface area contributed by atoms with Gasteiger partial charge in [-0.2, -0.15) is 0 Å². The molecule has 0 aliphatic rings. The summed E-state index contributed by atoms with van der Waals surface area (Å²) in [5, 5.41) is 16.8. The third-order valence-electron chi connectivity index (χ3n) is 5.17. The van der Waals surface area contributed by atoms with Gasteiger partial charge in [-0.05, 0) is 38.0 Å². The van der Waals surface area contributed by atoms with E-state index in [0.29, 0.717) is 32.2 Å². The highest BCUT2D eigenvalue weighted by Gasteiger charge is 2.32. The molecule has 0 rings (SSSR count). The molecule has 0 aromatic carbocycles. The third-order valence-corrected chi connectivity index (χ3v) is 5.17. The third kappa shape index (κ3) is 12.1. The summed E-state index contributed by atoms with van der Waals surface area (Å²) in [5.74, 6) is -3.04. The monoisotopic (exact) mass is 471 g/mol.